The first-order chi connectivity index (χ1) is 11.7. The Bertz CT molecular complexity index is 1110. The molecule has 0 aliphatic carbocycles. The minimum atomic E-state index is -4.22. The number of anilines is 1. The fraction of sp³-hybridized carbons (Fsp3) is 0.214. The molecule has 0 radical (unpaired) electrons. The van der Waals surface area contributed by atoms with E-state index < -0.39 is 20.1 Å². The van der Waals surface area contributed by atoms with E-state index in [-0.39, 0.29) is 17.2 Å². The van der Waals surface area contributed by atoms with Crippen molar-refractivity contribution in [2.75, 3.05) is 4.72 Å². The van der Waals surface area contributed by atoms with Gasteiger partial charge in [0, 0.05) is 18.0 Å². The summed E-state index contributed by atoms with van der Waals surface area (Å²) >= 11 is 0. The van der Waals surface area contributed by atoms with Gasteiger partial charge in [0.2, 0.25) is 0 Å². The van der Waals surface area contributed by atoms with Crippen molar-refractivity contribution in [3.63, 3.8) is 0 Å². The molecule has 0 aliphatic heterocycles. The Morgan fingerprint density at radius 2 is 1.92 bits per heavy atom. The average molecular weight is 362 g/mol. The zero-order chi connectivity index (χ0) is 18.4. The molecule has 0 amide bonds. The van der Waals surface area contributed by atoms with Crippen LogP contribution < -0.4 is 4.72 Å². The van der Waals surface area contributed by atoms with E-state index in [4.69, 9.17) is 0 Å². The molecule has 25 heavy (non-hydrogen) atoms. The van der Waals surface area contributed by atoms with Gasteiger partial charge in [0.05, 0.1) is 4.92 Å². The molecule has 0 saturated carbocycles. The maximum Gasteiger partial charge on any atom is 0.299 e. The topological polar surface area (TPSA) is 132 Å². The lowest BCUT2D eigenvalue weighted by Gasteiger charge is -2.10. The quantitative estimate of drug-likeness (QED) is 0.552. The summed E-state index contributed by atoms with van der Waals surface area (Å²) in [5, 5.41) is 14.6. The second-order valence-corrected chi connectivity index (χ2v) is 7.03. The van der Waals surface area contributed by atoms with Crippen molar-refractivity contribution >= 4 is 27.2 Å². The predicted octanol–water partition coefficient (Wildman–Crippen LogP) is 1.76. The first-order valence-electron chi connectivity index (χ1n) is 7.16. The first kappa shape index (κ1) is 16.8. The van der Waals surface area contributed by atoms with Crippen molar-refractivity contribution < 1.29 is 13.3 Å². The molecule has 0 unspecified atom stereocenters. The van der Waals surface area contributed by atoms with Gasteiger partial charge in [-0.05, 0) is 38.0 Å². The van der Waals surface area contributed by atoms with E-state index in [0.717, 1.165) is 0 Å². The van der Waals surface area contributed by atoms with Crippen LogP contribution in [0.25, 0.3) is 5.78 Å². The van der Waals surface area contributed by atoms with Gasteiger partial charge in [-0.2, -0.15) is 13.4 Å². The standard InChI is InChI=1S/C14H14N6O4S/c1-8-4-5-11(20(21)22)12(10(8)3)18-25(23,24)14-16-13-15-7-6-9(2)19(13)17-14/h4-7,18H,1-3H3. The molecule has 0 bridgehead atoms. The van der Waals surface area contributed by atoms with Crippen molar-refractivity contribution in [3.8, 4) is 0 Å². The number of nitrogens with zero attached hydrogens (tertiary/aromatic N) is 5. The lowest BCUT2D eigenvalue weighted by atomic mass is 10.1. The number of fused-ring (bicyclic) bond motifs is 1. The highest BCUT2D eigenvalue weighted by molar-refractivity contribution is 7.92. The van der Waals surface area contributed by atoms with Crippen LogP contribution in [0.1, 0.15) is 16.8 Å². The number of rotatable bonds is 4. The van der Waals surface area contributed by atoms with Gasteiger partial charge in [-0.25, -0.2) is 9.50 Å². The van der Waals surface area contributed by atoms with Crippen LogP contribution in [0.5, 0.6) is 0 Å². The lowest BCUT2D eigenvalue weighted by Crippen LogP contribution is -2.17. The van der Waals surface area contributed by atoms with Crippen molar-refractivity contribution in [2.24, 2.45) is 0 Å². The van der Waals surface area contributed by atoms with Gasteiger partial charge in [0.25, 0.3) is 26.6 Å². The summed E-state index contributed by atoms with van der Waals surface area (Å²) < 4.78 is 28.8. The highest BCUT2D eigenvalue weighted by atomic mass is 32.2. The van der Waals surface area contributed by atoms with Crippen LogP contribution >= 0.6 is 0 Å². The van der Waals surface area contributed by atoms with E-state index in [9.17, 15) is 18.5 Å². The van der Waals surface area contributed by atoms with Crippen LogP contribution in [0.15, 0.2) is 29.6 Å². The average Bonchev–Trinajstić information content (AvgIpc) is 2.98. The third-order valence-corrected chi connectivity index (χ3v) is 4.92. The number of nitro benzene ring substituents is 1. The summed E-state index contributed by atoms with van der Waals surface area (Å²) in [6, 6.07) is 4.46. The van der Waals surface area contributed by atoms with Crippen molar-refractivity contribution in [1.29, 1.82) is 0 Å². The largest absolute Gasteiger partial charge is 0.299 e. The third kappa shape index (κ3) is 2.89. The molecule has 0 fully saturated rings. The molecule has 3 rings (SSSR count). The Labute approximate surface area is 142 Å². The van der Waals surface area contributed by atoms with Crippen molar-refractivity contribution in [1.82, 2.24) is 19.6 Å². The van der Waals surface area contributed by atoms with Gasteiger partial charge in [0.1, 0.15) is 5.69 Å². The predicted molar refractivity (Wildman–Crippen MR) is 88.9 cm³/mol. The van der Waals surface area contributed by atoms with Crippen LogP contribution in [0, 0.1) is 30.9 Å². The molecule has 1 N–H and O–H groups in total. The monoisotopic (exact) mass is 362 g/mol. The smallest absolute Gasteiger partial charge is 0.270 e. The van der Waals surface area contributed by atoms with Crippen LogP contribution in [0.3, 0.4) is 0 Å². The molecule has 2 heterocycles. The maximum atomic E-state index is 12.6. The van der Waals surface area contributed by atoms with Crippen LogP contribution in [-0.4, -0.2) is 32.9 Å². The molecule has 0 aliphatic rings. The van der Waals surface area contributed by atoms with Gasteiger partial charge in [-0.1, -0.05) is 6.07 Å². The highest BCUT2D eigenvalue weighted by Gasteiger charge is 2.27. The Hall–Kier alpha value is -3.08. The van der Waals surface area contributed by atoms with Crippen molar-refractivity contribution in [2.45, 2.75) is 25.9 Å². The number of sulfonamides is 1. The molecule has 11 heteroatoms. The Morgan fingerprint density at radius 3 is 2.56 bits per heavy atom. The van der Waals surface area contributed by atoms with Crippen LogP contribution in [0.2, 0.25) is 0 Å². The van der Waals surface area contributed by atoms with E-state index in [1.807, 2.05) is 0 Å². The van der Waals surface area contributed by atoms with Gasteiger partial charge in [-0.3, -0.25) is 14.8 Å². The molecular weight excluding hydrogens is 348 g/mol. The van der Waals surface area contributed by atoms with E-state index >= 15 is 0 Å². The number of aryl methyl sites for hydroxylation is 2. The minimum Gasteiger partial charge on any atom is -0.270 e. The third-order valence-electron chi connectivity index (χ3n) is 3.80. The van der Waals surface area contributed by atoms with E-state index in [1.54, 1.807) is 32.9 Å². The van der Waals surface area contributed by atoms with Crippen LogP contribution in [-0.2, 0) is 10.0 Å². The first-order valence-corrected chi connectivity index (χ1v) is 8.65. The fourth-order valence-electron chi connectivity index (χ4n) is 2.26. The molecule has 130 valence electrons. The van der Waals surface area contributed by atoms with E-state index in [2.05, 4.69) is 19.8 Å². The zero-order valence-corrected chi connectivity index (χ0v) is 14.4. The van der Waals surface area contributed by atoms with Gasteiger partial charge in [0.15, 0.2) is 0 Å². The highest BCUT2D eigenvalue weighted by Crippen LogP contribution is 2.31. The zero-order valence-electron chi connectivity index (χ0n) is 13.6. The molecule has 2 aromatic heterocycles. The Balaban J connectivity index is 2.12. The summed E-state index contributed by atoms with van der Waals surface area (Å²) in [4.78, 5) is 18.4. The second kappa shape index (κ2) is 5.77. The SMILES string of the molecule is Cc1ccc([N+](=O)[O-])c(NS(=O)(=O)c2nc3nccc(C)n3n2)c1C. The Morgan fingerprint density at radius 1 is 1.20 bits per heavy atom. The maximum absolute atomic E-state index is 12.6. The number of benzene rings is 1. The summed E-state index contributed by atoms with van der Waals surface area (Å²) in [6.07, 6.45) is 1.48. The molecule has 0 saturated heterocycles. The van der Waals surface area contributed by atoms with Crippen LogP contribution in [0.4, 0.5) is 11.4 Å². The molecule has 10 nitrogen and oxygen atoms in total. The number of nitrogens with one attached hydrogen (secondary N) is 1. The van der Waals surface area contributed by atoms with Crippen molar-refractivity contribution in [3.05, 3.63) is 51.3 Å². The molecule has 0 spiro atoms. The van der Waals surface area contributed by atoms with E-state index in [0.29, 0.717) is 16.8 Å². The normalized spacial score (nSPS) is 11.6. The number of nitro groups is 1. The second-order valence-electron chi connectivity index (χ2n) is 5.46. The van der Waals surface area contributed by atoms with Gasteiger partial charge < -0.3 is 0 Å². The fourth-order valence-corrected chi connectivity index (χ4v) is 3.27. The summed E-state index contributed by atoms with van der Waals surface area (Å²) in [7, 11) is -4.22. The molecule has 3 aromatic rings. The molecule has 0 atom stereocenters. The minimum absolute atomic E-state index is 0.103. The Kier molecular flexibility index (Phi) is 3.87. The number of hydrogen-bond acceptors (Lipinski definition) is 7. The summed E-state index contributed by atoms with van der Waals surface area (Å²) in [6.45, 7) is 5.05. The molecular formula is C14H14N6O4S. The van der Waals surface area contributed by atoms with Gasteiger partial charge >= 0.3 is 0 Å². The number of aromatic nitrogens is 4. The summed E-state index contributed by atoms with van der Waals surface area (Å²) in [5.74, 6) is 0.121. The summed E-state index contributed by atoms with van der Waals surface area (Å²) in [5.41, 5.74) is 1.37. The van der Waals surface area contributed by atoms with E-state index in [1.165, 1.54) is 16.8 Å². The van der Waals surface area contributed by atoms with Gasteiger partial charge in [-0.15, -0.1) is 5.10 Å². The number of hydrogen-bond donors (Lipinski definition) is 1. The molecule has 1 aromatic carbocycles. The lowest BCUT2D eigenvalue weighted by molar-refractivity contribution is -0.383.